The van der Waals surface area contributed by atoms with Gasteiger partial charge in [-0.3, -0.25) is 9.69 Å². The number of para-hydroxylation sites is 1. The van der Waals surface area contributed by atoms with E-state index < -0.39 is 0 Å². The fourth-order valence-electron chi connectivity index (χ4n) is 3.28. The minimum absolute atomic E-state index is 0.0926. The lowest BCUT2D eigenvalue weighted by molar-refractivity contribution is -0.122. The molecule has 1 heterocycles. The van der Waals surface area contributed by atoms with E-state index in [1.807, 2.05) is 84.9 Å². The molecule has 1 aliphatic heterocycles. The monoisotopic (exact) mass is 477 g/mol. The molecule has 3 aromatic carbocycles. The van der Waals surface area contributed by atoms with Crippen LogP contribution in [0.4, 0.5) is 0 Å². The van der Waals surface area contributed by atoms with Gasteiger partial charge >= 0.3 is 0 Å². The molecule has 33 heavy (non-hydrogen) atoms. The number of ether oxygens (including phenoxy) is 3. The van der Waals surface area contributed by atoms with Crippen molar-refractivity contribution >= 4 is 40.3 Å². The number of rotatable bonds is 9. The molecule has 0 saturated carbocycles. The normalized spacial score (nSPS) is 14.6. The summed E-state index contributed by atoms with van der Waals surface area (Å²) >= 11 is 6.77. The van der Waals surface area contributed by atoms with Gasteiger partial charge in [-0.05, 0) is 29.8 Å². The lowest BCUT2D eigenvalue weighted by atomic mass is 10.1. The van der Waals surface area contributed by atoms with Crippen LogP contribution in [-0.4, -0.2) is 35.5 Å². The summed E-state index contributed by atoms with van der Waals surface area (Å²) in [6.07, 6.45) is 1.84. The fourth-order valence-corrected chi connectivity index (χ4v) is 4.52. The second-order valence-electron chi connectivity index (χ2n) is 7.17. The number of hydrogen-bond donors (Lipinski definition) is 0. The highest BCUT2D eigenvalue weighted by atomic mass is 32.2. The zero-order valence-corrected chi connectivity index (χ0v) is 19.7. The number of amides is 1. The summed E-state index contributed by atoms with van der Waals surface area (Å²) in [5.74, 6) is 2.04. The molecule has 5 nitrogen and oxygen atoms in total. The Hall–Kier alpha value is -3.29. The van der Waals surface area contributed by atoms with Gasteiger partial charge in [0.05, 0.1) is 18.6 Å². The van der Waals surface area contributed by atoms with Crippen LogP contribution in [0.25, 0.3) is 6.08 Å². The molecule has 1 amide bonds. The lowest BCUT2D eigenvalue weighted by Crippen LogP contribution is -2.27. The van der Waals surface area contributed by atoms with Crippen LogP contribution in [0.3, 0.4) is 0 Å². The highest BCUT2D eigenvalue weighted by Crippen LogP contribution is 2.35. The first-order valence-corrected chi connectivity index (χ1v) is 11.6. The Morgan fingerprint density at radius 1 is 0.909 bits per heavy atom. The first kappa shape index (κ1) is 22.9. The van der Waals surface area contributed by atoms with E-state index in [4.69, 9.17) is 26.4 Å². The van der Waals surface area contributed by atoms with Gasteiger partial charge in [0.1, 0.15) is 34.8 Å². The van der Waals surface area contributed by atoms with E-state index in [2.05, 4.69) is 0 Å². The van der Waals surface area contributed by atoms with Crippen LogP contribution in [-0.2, 0) is 11.3 Å². The van der Waals surface area contributed by atoms with Crippen molar-refractivity contribution in [2.45, 2.75) is 6.54 Å². The Balaban J connectivity index is 1.39. The van der Waals surface area contributed by atoms with Gasteiger partial charge in [-0.15, -0.1) is 0 Å². The first-order valence-electron chi connectivity index (χ1n) is 10.4. The molecule has 7 heteroatoms. The SMILES string of the molecule is COc1cccc(OCCOc2ccccc2/C=C2\SC(=S)N(Cc3ccccc3)C2=O)c1. The molecule has 4 rings (SSSR count). The molecule has 0 atom stereocenters. The Labute approximate surface area is 203 Å². The largest absolute Gasteiger partial charge is 0.497 e. The molecular formula is C26H23NO4S2. The molecule has 0 bridgehead atoms. The predicted octanol–water partition coefficient (Wildman–Crippen LogP) is 5.55. The Morgan fingerprint density at radius 2 is 1.64 bits per heavy atom. The van der Waals surface area contributed by atoms with Gasteiger partial charge in [-0.2, -0.15) is 0 Å². The zero-order valence-electron chi connectivity index (χ0n) is 18.1. The quantitative estimate of drug-likeness (QED) is 0.229. The number of methoxy groups -OCH3 is 1. The highest BCUT2D eigenvalue weighted by Gasteiger charge is 2.32. The standard InChI is InChI=1S/C26H23NO4S2/c1-29-21-11-7-12-22(17-21)30-14-15-31-23-13-6-5-10-20(23)16-24-25(28)27(26(32)33-24)18-19-8-3-2-4-9-19/h2-13,16-17H,14-15,18H2,1H3/b24-16-. The van der Waals surface area contributed by atoms with E-state index in [9.17, 15) is 4.79 Å². The lowest BCUT2D eigenvalue weighted by Gasteiger charge is -2.14. The van der Waals surface area contributed by atoms with Crippen molar-refractivity contribution in [3.05, 3.63) is 94.9 Å². The molecule has 0 N–H and O–H groups in total. The van der Waals surface area contributed by atoms with Crippen LogP contribution < -0.4 is 14.2 Å². The topological polar surface area (TPSA) is 48.0 Å². The molecule has 0 unspecified atom stereocenters. The minimum Gasteiger partial charge on any atom is -0.497 e. The maximum absolute atomic E-state index is 13.0. The molecule has 0 aromatic heterocycles. The molecule has 1 fully saturated rings. The minimum atomic E-state index is -0.0926. The highest BCUT2D eigenvalue weighted by molar-refractivity contribution is 8.26. The third-order valence-electron chi connectivity index (χ3n) is 4.91. The van der Waals surface area contributed by atoms with Crippen molar-refractivity contribution in [1.82, 2.24) is 4.90 Å². The van der Waals surface area contributed by atoms with Crippen molar-refractivity contribution in [3.63, 3.8) is 0 Å². The third-order valence-corrected chi connectivity index (χ3v) is 6.29. The van der Waals surface area contributed by atoms with Gasteiger partial charge in [0.2, 0.25) is 0 Å². The van der Waals surface area contributed by atoms with Gasteiger partial charge in [-0.1, -0.05) is 78.6 Å². The first-order chi connectivity index (χ1) is 16.1. The van der Waals surface area contributed by atoms with E-state index in [0.717, 1.165) is 16.9 Å². The van der Waals surface area contributed by atoms with Gasteiger partial charge < -0.3 is 14.2 Å². The third kappa shape index (κ3) is 5.94. The number of nitrogens with zero attached hydrogens (tertiary/aromatic N) is 1. The number of benzene rings is 3. The summed E-state index contributed by atoms with van der Waals surface area (Å²) in [6, 6.07) is 24.9. The van der Waals surface area contributed by atoms with E-state index >= 15 is 0 Å². The van der Waals surface area contributed by atoms with E-state index in [1.165, 1.54) is 11.8 Å². The number of thiocarbonyl (C=S) groups is 1. The maximum atomic E-state index is 13.0. The smallest absolute Gasteiger partial charge is 0.266 e. The molecule has 3 aromatic rings. The molecule has 1 saturated heterocycles. The van der Waals surface area contributed by atoms with Crippen LogP contribution in [0, 0.1) is 0 Å². The van der Waals surface area contributed by atoms with Crippen molar-refractivity contribution in [1.29, 1.82) is 0 Å². The Kier molecular flexibility index (Phi) is 7.65. The van der Waals surface area contributed by atoms with Crippen molar-refractivity contribution in [2.24, 2.45) is 0 Å². The van der Waals surface area contributed by atoms with Gasteiger partial charge in [0, 0.05) is 11.6 Å². The van der Waals surface area contributed by atoms with Crippen LogP contribution >= 0.6 is 24.0 Å². The molecular weight excluding hydrogens is 454 g/mol. The average Bonchev–Trinajstić information content (AvgIpc) is 3.11. The van der Waals surface area contributed by atoms with Crippen LogP contribution in [0.2, 0.25) is 0 Å². The van der Waals surface area contributed by atoms with Crippen molar-refractivity contribution in [3.8, 4) is 17.2 Å². The summed E-state index contributed by atoms with van der Waals surface area (Å²) in [5, 5.41) is 0. The molecule has 0 aliphatic carbocycles. The van der Waals surface area contributed by atoms with Crippen LogP contribution in [0.15, 0.2) is 83.8 Å². The Bertz CT molecular complexity index is 1160. The van der Waals surface area contributed by atoms with Crippen molar-refractivity contribution < 1.29 is 19.0 Å². The zero-order chi connectivity index (χ0) is 23.0. The van der Waals surface area contributed by atoms with Gasteiger partial charge in [0.15, 0.2) is 0 Å². The summed E-state index contributed by atoms with van der Waals surface area (Å²) in [4.78, 5) is 15.2. The number of thioether (sulfide) groups is 1. The van der Waals surface area contributed by atoms with Gasteiger partial charge in [-0.25, -0.2) is 0 Å². The van der Waals surface area contributed by atoms with E-state index in [0.29, 0.717) is 40.5 Å². The molecule has 0 spiro atoms. The summed E-state index contributed by atoms with van der Waals surface area (Å²) in [6.45, 7) is 1.19. The van der Waals surface area contributed by atoms with Gasteiger partial charge in [0.25, 0.3) is 5.91 Å². The second kappa shape index (κ2) is 11.0. The summed E-state index contributed by atoms with van der Waals surface area (Å²) in [5.41, 5.74) is 1.86. The molecule has 1 aliphatic rings. The van der Waals surface area contributed by atoms with E-state index in [-0.39, 0.29) is 5.91 Å². The number of carbonyl (C=O) groups is 1. The number of hydrogen-bond acceptors (Lipinski definition) is 6. The molecule has 168 valence electrons. The second-order valence-corrected chi connectivity index (χ2v) is 8.84. The van der Waals surface area contributed by atoms with Crippen molar-refractivity contribution in [2.75, 3.05) is 20.3 Å². The average molecular weight is 478 g/mol. The fraction of sp³-hybridized carbons (Fsp3) is 0.154. The van der Waals surface area contributed by atoms with Crippen LogP contribution in [0.1, 0.15) is 11.1 Å². The van der Waals surface area contributed by atoms with E-state index in [1.54, 1.807) is 12.0 Å². The molecule has 0 radical (unpaired) electrons. The summed E-state index contributed by atoms with van der Waals surface area (Å²) in [7, 11) is 1.62. The number of carbonyl (C=O) groups excluding carboxylic acids is 1. The Morgan fingerprint density at radius 3 is 2.45 bits per heavy atom. The maximum Gasteiger partial charge on any atom is 0.266 e. The summed E-state index contributed by atoms with van der Waals surface area (Å²) < 4.78 is 17.4. The predicted molar refractivity (Wildman–Crippen MR) is 136 cm³/mol. The van der Waals surface area contributed by atoms with Crippen LogP contribution in [0.5, 0.6) is 17.2 Å².